The van der Waals surface area contributed by atoms with Gasteiger partial charge in [-0.1, -0.05) is 54.6 Å². The summed E-state index contributed by atoms with van der Waals surface area (Å²) in [7, 11) is 0. The van der Waals surface area contributed by atoms with Crippen molar-refractivity contribution in [2.24, 2.45) is 0 Å². The van der Waals surface area contributed by atoms with Crippen LogP contribution >= 0.6 is 11.3 Å². The van der Waals surface area contributed by atoms with E-state index in [1.54, 1.807) is 11.3 Å². The van der Waals surface area contributed by atoms with E-state index in [0.29, 0.717) is 6.54 Å². The van der Waals surface area contributed by atoms with Gasteiger partial charge in [-0.15, -0.1) is 11.3 Å². The largest absolute Gasteiger partial charge is 0.348 e. The van der Waals surface area contributed by atoms with E-state index >= 15 is 0 Å². The molecule has 2 heterocycles. The topological polar surface area (TPSA) is 34.0 Å². The Hall–Kier alpha value is -2.85. The van der Waals surface area contributed by atoms with Gasteiger partial charge in [-0.05, 0) is 36.1 Å². The summed E-state index contributed by atoms with van der Waals surface area (Å²) in [4.78, 5) is 13.9. The zero-order valence-electron chi connectivity index (χ0n) is 14.6. The molecule has 1 atom stereocenters. The van der Waals surface area contributed by atoms with E-state index in [2.05, 4.69) is 39.5 Å². The van der Waals surface area contributed by atoms with Crippen LogP contribution in [0.2, 0.25) is 0 Å². The number of aromatic nitrogens is 1. The van der Waals surface area contributed by atoms with Gasteiger partial charge in [-0.3, -0.25) is 4.79 Å². The number of carbonyl (C=O) groups excluding carboxylic acids is 1. The van der Waals surface area contributed by atoms with Crippen LogP contribution in [0.3, 0.4) is 0 Å². The van der Waals surface area contributed by atoms with Gasteiger partial charge in [0, 0.05) is 10.9 Å². The molecule has 0 aliphatic heterocycles. The van der Waals surface area contributed by atoms with Gasteiger partial charge in [-0.25, -0.2) is 0 Å². The molecule has 1 unspecified atom stereocenters. The van der Waals surface area contributed by atoms with Gasteiger partial charge < -0.3 is 9.88 Å². The molecule has 0 aliphatic carbocycles. The van der Waals surface area contributed by atoms with Gasteiger partial charge in [-0.2, -0.15) is 0 Å². The summed E-state index contributed by atoms with van der Waals surface area (Å²) in [6.45, 7) is 2.32. The summed E-state index contributed by atoms with van der Waals surface area (Å²) in [5.41, 5.74) is 3.28. The number of fused-ring (bicyclic) bond motifs is 1. The third-order valence-corrected chi connectivity index (χ3v) is 5.46. The van der Waals surface area contributed by atoms with Crippen molar-refractivity contribution >= 4 is 28.1 Å². The predicted molar refractivity (Wildman–Crippen MR) is 108 cm³/mol. The van der Waals surface area contributed by atoms with Crippen LogP contribution in [0.5, 0.6) is 0 Å². The lowest BCUT2D eigenvalue weighted by Crippen LogP contribution is -2.30. The van der Waals surface area contributed by atoms with Gasteiger partial charge >= 0.3 is 0 Å². The molecular weight excluding hydrogens is 340 g/mol. The lowest BCUT2D eigenvalue weighted by molar-refractivity contribution is -0.122. The number of rotatable bonds is 5. The summed E-state index contributed by atoms with van der Waals surface area (Å²) in [5, 5.41) is 6.33. The monoisotopic (exact) mass is 360 g/mol. The minimum absolute atomic E-state index is 0.0144. The first kappa shape index (κ1) is 16.6. The Morgan fingerprint density at radius 3 is 2.58 bits per heavy atom. The van der Waals surface area contributed by atoms with Gasteiger partial charge in [0.2, 0.25) is 5.91 Å². The predicted octanol–water partition coefficient (Wildman–Crippen LogP) is 5.25. The van der Waals surface area contributed by atoms with E-state index in [1.165, 1.54) is 4.88 Å². The summed E-state index contributed by atoms with van der Waals surface area (Å²) in [5.74, 6) is 0.0144. The number of para-hydroxylation sites is 1. The Labute approximate surface area is 156 Å². The van der Waals surface area contributed by atoms with Crippen molar-refractivity contribution in [1.29, 1.82) is 0 Å². The van der Waals surface area contributed by atoms with Crippen molar-refractivity contribution in [3.8, 4) is 10.6 Å². The van der Waals surface area contributed by atoms with Gasteiger partial charge in [0.25, 0.3) is 0 Å². The highest BCUT2D eigenvalue weighted by molar-refractivity contribution is 7.13. The molecule has 26 heavy (non-hydrogen) atoms. The Balaban J connectivity index is 1.62. The number of benzene rings is 2. The molecule has 0 bridgehead atoms. The van der Waals surface area contributed by atoms with Crippen molar-refractivity contribution in [2.45, 2.75) is 19.5 Å². The van der Waals surface area contributed by atoms with Gasteiger partial charge in [0.1, 0.15) is 6.54 Å². The summed E-state index contributed by atoms with van der Waals surface area (Å²) in [6, 6.07) is 24.5. The van der Waals surface area contributed by atoms with Crippen LogP contribution in [0.25, 0.3) is 21.5 Å². The quantitative estimate of drug-likeness (QED) is 0.518. The standard InChI is InChI=1S/C22H20N2OS/c1-16(17-8-3-2-4-9-17)23-22(25)15-24-19-11-6-5-10-18(19)14-20(24)21-12-7-13-26-21/h2-14,16H,15H2,1H3,(H,23,25). The second kappa shape index (κ2) is 7.18. The summed E-state index contributed by atoms with van der Waals surface area (Å²) >= 11 is 1.69. The fraction of sp³-hybridized carbons (Fsp3) is 0.136. The number of carbonyl (C=O) groups is 1. The number of nitrogens with one attached hydrogen (secondary N) is 1. The number of thiophene rings is 1. The number of amides is 1. The molecule has 0 saturated carbocycles. The Morgan fingerprint density at radius 1 is 1.04 bits per heavy atom. The molecule has 130 valence electrons. The van der Waals surface area contributed by atoms with Crippen LogP contribution in [0.4, 0.5) is 0 Å². The van der Waals surface area contributed by atoms with Gasteiger partial charge in [0.15, 0.2) is 0 Å². The molecule has 3 nitrogen and oxygen atoms in total. The van der Waals surface area contributed by atoms with E-state index in [0.717, 1.165) is 22.2 Å². The lowest BCUT2D eigenvalue weighted by atomic mass is 10.1. The SMILES string of the molecule is CC(NC(=O)Cn1c(-c2cccs2)cc2ccccc21)c1ccccc1. The molecule has 0 spiro atoms. The molecule has 4 rings (SSSR count). The molecule has 0 fully saturated rings. The average Bonchev–Trinajstić information content (AvgIpc) is 3.31. The first-order valence-corrected chi connectivity index (χ1v) is 9.57. The third kappa shape index (κ3) is 3.28. The molecule has 0 aliphatic rings. The minimum atomic E-state index is -0.0179. The third-order valence-electron chi connectivity index (χ3n) is 4.56. The van der Waals surface area contributed by atoms with Crippen molar-refractivity contribution in [1.82, 2.24) is 9.88 Å². The molecule has 4 heteroatoms. The van der Waals surface area contributed by atoms with E-state index < -0.39 is 0 Å². The highest BCUT2D eigenvalue weighted by atomic mass is 32.1. The van der Waals surface area contributed by atoms with Crippen molar-refractivity contribution < 1.29 is 4.79 Å². The lowest BCUT2D eigenvalue weighted by Gasteiger charge is -2.16. The van der Waals surface area contributed by atoms with Gasteiger partial charge in [0.05, 0.1) is 16.6 Å². The highest BCUT2D eigenvalue weighted by Gasteiger charge is 2.15. The first-order chi connectivity index (χ1) is 12.7. The molecule has 0 radical (unpaired) electrons. The number of nitrogens with zero attached hydrogens (tertiary/aromatic N) is 1. The summed E-state index contributed by atoms with van der Waals surface area (Å²) in [6.07, 6.45) is 0. The molecule has 2 aromatic carbocycles. The fourth-order valence-corrected chi connectivity index (χ4v) is 4.02. The maximum atomic E-state index is 12.7. The van der Waals surface area contributed by atoms with E-state index in [1.807, 2.05) is 55.5 Å². The summed E-state index contributed by atoms with van der Waals surface area (Å²) < 4.78 is 2.11. The number of hydrogen-bond donors (Lipinski definition) is 1. The molecule has 1 amide bonds. The maximum absolute atomic E-state index is 12.7. The fourth-order valence-electron chi connectivity index (χ4n) is 3.26. The van der Waals surface area contributed by atoms with Crippen LogP contribution in [-0.2, 0) is 11.3 Å². The number of hydrogen-bond acceptors (Lipinski definition) is 2. The molecule has 1 N–H and O–H groups in total. The molecule has 0 saturated heterocycles. The van der Waals surface area contributed by atoms with Crippen LogP contribution < -0.4 is 5.32 Å². The Kier molecular flexibility index (Phi) is 4.59. The van der Waals surface area contributed by atoms with Crippen LogP contribution in [0.15, 0.2) is 78.2 Å². The van der Waals surface area contributed by atoms with E-state index in [9.17, 15) is 4.79 Å². The Bertz CT molecular complexity index is 1020. The zero-order chi connectivity index (χ0) is 17.9. The second-order valence-electron chi connectivity index (χ2n) is 6.35. The molecule has 2 aromatic heterocycles. The van der Waals surface area contributed by atoms with Crippen molar-refractivity contribution in [3.05, 3.63) is 83.7 Å². The maximum Gasteiger partial charge on any atom is 0.240 e. The van der Waals surface area contributed by atoms with Crippen molar-refractivity contribution in [3.63, 3.8) is 0 Å². The van der Waals surface area contributed by atoms with E-state index in [-0.39, 0.29) is 11.9 Å². The zero-order valence-corrected chi connectivity index (χ0v) is 15.4. The van der Waals surface area contributed by atoms with Crippen molar-refractivity contribution in [2.75, 3.05) is 0 Å². The smallest absolute Gasteiger partial charge is 0.240 e. The van der Waals surface area contributed by atoms with Crippen LogP contribution in [0, 0.1) is 0 Å². The minimum Gasteiger partial charge on any atom is -0.348 e. The normalized spacial score (nSPS) is 12.2. The Morgan fingerprint density at radius 2 is 1.81 bits per heavy atom. The molecular formula is C22H20N2OS. The first-order valence-electron chi connectivity index (χ1n) is 8.69. The van der Waals surface area contributed by atoms with E-state index in [4.69, 9.17) is 0 Å². The van der Waals surface area contributed by atoms with Crippen LogP contribution in [0.1, 0.15) is 18.5 Å². The molecule has 4 aromatic rings. The highest BCUT2D eigenvalue weighted by Crippen LogP contribution is 2.31. The van der Waals surface area contributed by atoms with Crippen LogP contribution in [-0.4, -0.2) is 10.5 Å². The average molecular weight is 360 g/mol. The second-order valence-corrected chi connectivity index (χ2v) is 7.30.